The topological polar surface area (TPSA) is 76.7 Å². The molecule has 0 saturated carbocycles. The molecule has 2 rings (SSSR count). The molecule has 0 aliphatic rings. The SMILES string of the molecule is CCOc1ccc(C(=O)NNC(=O)C(C)(C)Oc2ccc(Cl)cc2)cc1. The average Bonchev–Trinajstić information content (AvgIpc) is 2.62. The summed E-state index contributed by atoms with van der Waals surface area (Å²) in [5.41, 5.74) is 3.94. The number of hydrogen-bond donors (Lipinski definition) is 2. The van der Waals surface area contributed by atoms with Gasteiger partial charge in [-0.05, 0) is 69.3 Å². The van der Waals surface area contributed by atoms with Gasteiger partial charge in [0.2, 0.25) is 0 Å². The number of nitrogens with one attached hydrogen (secondary N) is 2. The molecule has 0 unspecified atom stereocenters. The van der Waals surface area contributed by atoms with Crippen LogP contribution in [-0.2, 0) is 4.79 Å². The van der Waals surface area contributed by atoms with Crippen LogP contribution < -0.4 is 20.3 Å². The van der Waals surface area contributed by atoms with Gasteiger partial charge in [0.1, 0.15) is 11.5 Å². The molecule has 2 N–H and O–H groups in total. The first kappa shape index (κ1) is 19.6. The second kappa shape index (κ2) is 8.58. The number of benzene rings is 2. The number of rotatable bonds is 6. The monoisotopic (exact) mass is 376 g/mol. The molecule has 2 amide bonds. The van der Waals surface area contributed by atoms with Gasteiger partial charge in [-0.15, -0.1) is 0 Å². The molecule has 26 heavy (non-hydrogen) atoms. The van der Waals surface area contributed by atoms with Crippen molar-refractivity contribution in [1.82, 2.24) is 10.9 Å². The lowest BCUT2D eigenvalue weighted by Gasteiger charge is -2.25. The quantitative estimate of drug-likeness (QED) is 0.758. The van der Waals surface area contributed by atoms with E-state index in [-0.39, 0.29) is 0 Å². The van der Waals surface area contributed by atoms with Gasteiger partial charge in [0.05, 0.1) is 6.61 Å². The second-order valence-electron chi connectivity index (χ2n) is 5.93. The van der Waals surface area contributed by atoms with Gasteiger partial charge in [-0.25, -0.2) is 0 Å². The number of carbonyl (C=O) groups is 2. The molecule has 0 radical (unpaired) electrons. The van der Waals surface area contributed by atoms with Crippen LogP contribution >= 0.6 is 11.6 Å². The molecule has 0 atom stereocenters. The minimum Gasteiger partial charge on any atom is -0.494 e. The minimum absolute atomic E-state index is 0.394. The third-order valence-corrected chi connectivity index (χ3v) is 3.70. The van der Waals surface area contributed by atoms with Crippen molar-refractivity contribution < 1.29 is 19.1 Å². The highest BCUT2D eigenvalue weighted by molar-refractivity contribution is 6.30. The molecule has 0 fully saturated rings. The molecule has 0 spiro atoms. The van der Waals surface area contributed by atoms with Crippen molar-refractivity contribution in [3.63, 3.8) is 0 Å². The van der Waals surface area contributed by atoms with E-state index in [1.54, 1.807) is 62.4 Å². The van der Waals surface area contributed by atoms with Crippen molar-refractivity contribution in [2.24, 2.45) is 0 Å². The van der Waals surface area contributed by atoms with E-state index in [9.17, 15) is 9.59 Å². The Morgan fingerprint density at radius 3 is 2.12 bits per heavy atom. The van der Waals surface area contributed by atoms with Gasteiger partial charge in [0.15, 0.2) is 5.60 Å². The third kappa shape index (κ3) is 5.39. The Bertz CT molecular complexity index is 758. The van der Waals surface area contributed by atoms with Crippen LogP contribution in [0.25, 0.3) is 0 Å². The predicted octanol–water partition coefficient (Wildman–Crippen LogP) is 3.36. The molecule has 2 aromatic carbocycles. The lowest BCUT2D eigenvalue weighted by Crippen LogP contribution is -2.53. The summed E-state index contributed by atoms with van der Waals surface area (Å²) in [5, 5.41) is 0.572. The van der Waals surface area contributed by atoms with E-state index in [1.165, 1.54) is 0 Å². The van der Waals surface area contributed by atoms with Gasteiger partial charge in [-0.1, -0.05) is 11.6 Å². The summed E-state index contributed by atoms with van der Waals surface area (Å²) in [7, 11) is 0. The molecule has 6 nitrogen and oxygen atoms in total. The van der Waals surface area contributed by atoms with Gasteiger partial charge in [-0.2, -0.15) is 0 Å². The van der Waals surface area contributed by atoms with Crippen LogP contribution in [0.3, 0.4) is 0 Å². The highest BCUT2D eigenvalue weighted by Crippen LogP contribution is 2.21. The zero-order chi connectivity index (χ0) is 19.2. The van der Waals surface area contributed by atoms with E-state index in [4.69, 9.17) is 21.1 Å². The van der Waals surface area contributed by atoms with Crippen LogP contribution in [0, 0.1) is 0 Å². The normalized spacial score (nSPS) is 10.8. The fourth-order valence-corrected chi connectivity index (χ4v) is 2.18. The first-order valence-electron chi connectivity index (χ1n) is 8.10. The van der Waals surface area contributed by atoms with Crippen molar-refractivity contribution in [1.29, 1.82) is 0 Å². The maximum atomic E-state index is 12.3. The Balaban J connectivity index is 1.91. The van der Waals surface area contributed by atoms with Gasteiger partial charge in [0, 0.05) is 10.6 Å². The van der Waals surface area contributed by atoms with Crippen LogP contribution in [0.1, 0.15) is 31.1 Å². The molecule has 138 valence electrons. The predicted molar refractivity (Wildman–Crippen MR) is 99.4 cm³/mol. The molecule has 0 aromatic heterocycles. The smallest absolute Gasteiger partial charge is 0.281 e. The van der Waals surface area contributed by atoms with Gasteiger partial charge >= 0.3 is 0 Å². The number of hydrazine groups is 1. The molecule has 2 aromatic rings. The summed E-state index contributed by atoms with van der Waals surface area (Å²) in [5.74, 6) is 0.230. The van der Waals surface area contributed by atoms with Crippen LogP contribution in [0.5, 0.6) is 11.5 Å². The Kier molecular flexibility index (Phi) is 6.46. The first-order chi connectivity index (χ1) is 12.3. The Labute approximate surface area is 157 Å². The molecule has 0 bridgehead atoms. The maximum absolute atomic E-state index is 12.3. The van der Waals surface area contributed by atoms with Crippen LogP contribution in [0.4, 0.5) is 0 Å². The molecule has 0 aliphatic heterocycles. The lowest BCUT2D eigenvalue weighted by atomic mass is 10.1. The molecular formula is C19H21ClN2O4. The summed E-state index contributed by atoms with van der Waals surface area (Å²) < 4.78 is 11.0. The lowest BCUT2D eigenvalue weighted by molar-refractivity contribution is -0.135. The maximum Gasteiger partial charge on any atom is 0.281 e. The Hall–Kier alpha value is -2.73. The van der Waals surface area contributed by atoms with E-state index in [1.807, 2.05) is 6.92 Å². The van der Waals surface area contributed by atoms with Crippen LogP contribution in [0.2, 0.25) is 5.02 Å². The standard InChI is InChI=1S/C19H21ClN2O4/c1-4-25-15-9-5-13(6-10-15)17(23)21-22-18(24)19(2,3)26-16-11-7-14(20)8-12-16/h5-12H,4H2,1-3H3,(H,21,23)(H,22,24). The van der Waals surface area contributed by atoms with Crippen molar-refractivity contribution in [3.05, 3.63) is 59.1 Å². The minimum atomic E-state index is -1.19. The summed E-state index contributed by atoms with van der Waals surface area (Å²) in [6, 6.07) is 13.3. The van der Waals surface area contributed by atoms with Gasteiger partial charge in [-0.3, -0.25) is 20.4 Å². The van der Waals surface area contributed by atoms with E-state index < -0.39 is 17.4 Å². The first-order valence-corrected chi connectivity index (χ1v) is 8.48. The highest BCUT2D eigenvalue weighted by atomic mass is 35.5. The Morgan fingerprint density at radius 1 is 0.962 bits per heavy atom. The van der Waals surface area contributed by atoms with Crippen molar-refractivity contribution in [3.8, 4) is 11.5 Å². The van der Waals surface area contributed by atoms with E-state index in [2.05, 4.69) is 10.9 Å². The number of carbonyl (C=O) groups excluding carboxylic acids is 2. The number of amides is 2. The van der Waals surface area contributed by atoms with Crippen molar-refractivity contribution in [2.45, 2.75) is 26.4 Å². The molecule has 0 heterocycles. The Morgan fingerprint density at radius 2 is 1.54 bits per heavy atom. The van der Waals surface area contributed by atoms with Crippen molar-refractivity contribution in [2.75, 3.05) is 6.61 Å². The zero-order valence-electron chi connectivity index (χ0n) is 14.8. The number of halogens is 1. The molecule has 0 saturated heterocycles. The molecule has 0 aliphatic carbocycles. The molecule has 7 heteroatoms. The van der Waals surface area contributed by atoms with Crippen LogP contribution in [-0.4, -0.2) is 24.0 Å². The van der Waals surface area contributed by atoms with Gasteiger partial charge in [0.25, 0.3) is 11.8 Å². The molecular weight excluding hydrogens is 356 g/mol. The zero-order valence-corrected chi connectivity index (χ0v) is 15.6. The van der Waals surface area contributed by atoms with E-state index in [0.29, 0.717) is 28.7 Å². The van der Waals surface area contributed by atoms with E-state index in [0.717, 1.165) is 0 Å². The van der Waals surface area contributed by atoms with Crippen molar-refractivity contribution >= 4 is 23.4 Å². The largest absolute Gasteiger partial charge is 0.494 e. The fourth-order valence-electron chi connectivity index (χ4n) is 2.05. The summed E-state index contributed by atoms with van der Waals surface area (Å²) in [6.07, 6.45) is 0. The average molecular weight is 377 g/mol. The summed E-state index contributed by atoms with van der Waals surface area (Å²) >= 11 is 5.83. The summed E-state index contributed by atoms with van der Waals surface area (Å²) in [4.78, 5) is 24.4. The fraction of sp³-hybridized carbons (Fsp3) is 0.263. The van der Waals surface area contributed by atoms with E-state index >= 15 is 0 Å². The number of ether oxygens (including phenoxy) is 2. The third-order valence-electron chi connectivity index (χ3n) is 3.45. The second-order valence-corrected chi connectivity index (χ2v) is 6.37. The van der Waals surface area contributed by atoms with Gasteiger partial charge < -0.3 is 9.47 Å². The highest BCUT2D eigenvalue weighted by Gasteiger charge is 2.30. The number of hydrogen-bond acceptors (Lipinski definition) is 4. The van der Waals surface area contributed by atoms with Crippen LogP contribution in [0.15, 0.2) is 48.5 Å². The summed E-state index contributed by atoms with van der Waals surface area (Å²) in [6.45, 7) is 5.62.